The molecule has 0 aliphatic carbocycles. The zero-order valence-electron chi connectivity index (χ0n) is 11.0. The molecule has 0 atom stereocenters. The van der Waals surface area contributed by atoms with E-state index in [2.05, 4.69) is 10.4 Å². The number of carbonyl (C=O) groups excluding carboxylic acids is 1. The van der Waals surface area contributed by atoms with E-state index >= 15 is 0 Å². The van der Waals surface area contributed by atoms with Crippen LogP contribution in [0.5, 0.6) is 0 Å². The molecule has 0 saturated heterocycles. The number of benzene rings is 1. The van der Waals surface area contributed by atoms with Crippen molar-refractivity contribution in [3.8, 4) is 0 Å². The fourth-order valence-electron chi connectivity index (χ4n) is 1.87. The predicted octanol–water partition coefficient (Wildman–Crippen LogP) is 2.01. The minimum Gasteiger partial charge on any atom is -0.394 e. The first-order valence-electron chi connectivity index (χ1n) is 5.76. The molecule has 1 heterocycles. The molecule has 5 nitrogen and oxygen atoms in total. The Labute approximate surface area is 110 Å². The Balaban J connectivity index is 2.30. The number of anilines is 2. The monoisotopic (exact) mass is 262 g/mol. The van der Waals surface area contributed by atoms with Crippen molar-refractivity contribution in [2.75, 3.05) is 11.1 Å². The summed E-state index contributed by atoms with van der Waals surface area (Å²) in [6.07, 6.45) is 0. The van der Waals surface area contributed by atoms with Gasteiger partial charge in [-0.15, -0.1) is 0 Å². The molecule has 1 aromatic heterocycles. The van der Waals surface area contributed by atoms with Crippen molar-refractivity contribution in [1.82, 2.24) is 9.78 Å². The maximum absolute atomic E-state index is 13.3. The van der Waals surface area contributed by atoms with Gasteiger partial charge in [0.2, 0.25) is 0 Å². The molecule has 2 rings (SSSR count). The van der Waals surface area contributed by atoms with Crippen LogP contribution in [0.4, 0.5) is 15.9 Å². The van der Waals surface area contributed by atoms with Gasteiger partial charge in [-0.1, -0.05) is 0 Å². The SMILES string of the molecule is Cc1cc(F)cc(C(=O)Nc2c(N)c(C)nn2C)c1. The Morgan fingerprint density at radius 1 is 1.37 bits per heavy atom. The van der Waals surface area contributed by atoms with Crippen molar-refractivity contribution < 1.29 is 9.18 Å². The first-order valence-corrected chi connectivity index (χ1v) is 5.76. The highest BCUT2D eigenvalue weighted by atomic mass is 19.1. The number of nitrogen functional groups attached to an aromatic ring is 1. The van der Waals surface area contributed by atoms with Crippen LogP contribution in [0.1, 0.15) is 21.6 Å². The number of aromatic nitrogens is 2. The molecule has 3 N–H and O–H groups in total. The Bertz CT molecular complexity index is 628. The topological polar surface area (TPSA) is 72.9 Å². The Hall–Kier alpha value is -2.37. The summed E-state index contributed by atoms with van der Waals surface area (Å²) in [5, 5.41) is 6.74. The number of hydrogen-bond donors (Lipinski definition) is 2. The summed E-state index contributed by atoms with van der Waals surface area (Å²) in [6, 6.07) is 4.15. The molecule has 6 heteroatoms. The average Bonchev–Trinajstić information content (AvgIpc) is 2.54. The second kappa shape index (κ2) is 4.72. The van der Waals surface area contributed by atoms with Crippen LogP contribution in [-0.4, -0.2) is 15.7 Å². The van der Waals surface area contributed by atoms with Gasteiger partial charge in [0.25, 0.3) is 5.91 Å². The van der Waals surface area contributed by atoms with E-state index in [0.717, 1.165) is 0 Å². The van der Waals surface area contributed by atoms with Gasteiger partial charge in [-0.3, -0.25) is 9.48 Å². The maximum atomic E-state index is 13.3. The van der Waals surface area contributed by atoms with E-state index in [1.165, 1.54) is 16.8 Å². The molecule has 0 saturated carbocycles. The number of halogens is 1. The smallest absolute Gasteiger partial charge is 0.256 e. The van der Waals surface area contributed by atoms with E-state index in [1.54, 1.807) is 27.0 Å². The summed E-state index contributed by atoms with van der Waals surface area (Å²) < 4.78 is 14.7. The van der Waals surface area contributed by atoms with Crippen LogP contribution < -0.4 is 11.1 Å². The van der Waals surface area contributed by atoms with Gasteiger partial charge in [-0.05, 0) is 37.6 Å². The summed E-state index contributed by atoms with van der Waals surface area (Å²) in [4.78, 5) is 12.1. The highest BCUT2D eigenvalue weighted by molar-refractivity contribution is 6.05. The number of nitrogens with one attached hydrogen (secondary N) is 1. The lowest BCUT2D eigenvalue weighted by Crippen LogP contribution is -2.16. The van der Waals surface area contributed by atoms with Crippen molar-refractivity contribution in [3.05, 3.63) is 40.8 Å². The first-order chi connectivity index (χ1) is 8.88. The van der Waals surface area contributed by atoms with Crippen molar-refractivity contribution >= 4 is 17.4 Å². The molecule has 0 fully saturated rings. The standard InChI is InChI=1S/C13H15FN4O/c1-7-4-9(6-10(14)5-7)13(19)16-12-11(15)8(2)17-18(12)3/h4-6H,15H2,1-3H3,(H,16,19). The zero-order chi connectivity index (χ0) is 14.2. The third kappa shape index (κ3) is 2.57. The van der Waals surface area contributed by atoms with Gasteiger partial charge in [-0.2, -0.15) is 5.10 Å². The zero-order valence-corrected chi connectivity index (χ0v) is 11.0. The molecule has 100 valence electrons. The van der Waals surface area contributed by atoms with Crippen LogP contribution in [-0.2, 0) is 7.05 Å². The van der Waals surface area contributed by atoms with Crippen LogP contribution in [0, 0.1) is 19.7 Å². The van der Waals surface area contributed by atoms with Gasteiger partial charge in [-0.25, -0.2) is 4.39 Å². The molecule has 0 bridgehead atoms. The van der Waals surface area contributed by atoms with Crippen molar-refractivity contribution in [3.63, 3.8) is 0 Å². The van der Waals surface area contributed by atoms with Crippen LogP contribution in [0.2, 0.25) is 0 Å². The fourth-order valence-corrected chi connectivity index (χ4v) is 1.87. The van der Waals surface area contributed by atoms with Gasteiger partial charge in [0.05, 0.1) is 11.4 Å². The summed E-state index contributed by atoms with van der Waals surface area (Å²) in [7, 11) is 1.68. The second-order valence-corrected chi connectivity index (χ2v) is 4.44. The van der Waals surface area contributed by atoms with E-state index in [-0.39, 0.29) is 5.56 Å². The normalized spacial score (nSPS) is 10.5. The number of nitrogens with two attached hydrogens (primary N) is 1. The van der Waals surface area contributed by atoms with E-state index in [9.17, 15) is 9.18 Å². The molecule has 0 aliphatic heterocycles. The van der Waals surface area contributed by atoms with Crippen molar-refractivity contribution in [2.24, 2.45) is 7.05 Å². The molecule has 1 aromatic carbocycles. The molecule has 0 spiro atoms. The maximum Gasteiger partial charge on any atom is 0.256 e. The lowest BCUT2D eigenvalue weighted by atomic mass is 10.1. The number of carbonyl (C=O) groups is 1. The summed E-state index contributed by atoms with van der Waals surface area (Å²) in [5.41, 5.74) is 7.78. The summed E-state index contributed by atoms with van der Waals surface area (Å²) in [6.45, 7) is 3.47. The molecule has 0 radical (unpaired) electrons. The highest BCUT2D eigenvalue weighted by Crippen LogP contribution is 2.21. The number of rotatable bonds is 2. The third-order valence-corrected chi connectivity index (χ3v) is 2.80. The Morgan fingerprint density at radius 3 is 2.58 bits per heavy atom. The van der Waals surface area contributed by atoms with Crippen LogP contribution in [0.25, 0.3) is 0 Å². The number of amides is 1. The number of aryl methyl sites for hydroxylation is 3. The molecule has 19 heavy (non-hydrogen) atoms. The minimum absolute atomic E-state index is 0.246. The van der Waals surface area contributed by atoms with E-state index in [4.69, 9.17) is 5.73 Å². The summed E-state index contributed by atoms with van der Waals surface area (Å²) in [5.74, 6) is -0.457. The molecule has 1 amide bonds. The van der Waals surface area contributed by atoms with Gasteiger partial charge < -0.3 is 11.1 Å². The lowest BCUT2D eigenvalue weighted by molar-refractivity contribution is 0.102. The number of nitrogens with zero attached hydrogens (tertiary/aromatic N) is 2. The summed E-state index contributed by atoms with van der Waals surface area (Å²) >= 11 is 0. The lowest BCUT2D eigenvalue weighted by Gasteiger charge is -2.07. The van der Waals surface area contributed by atoms with Crippen LogP contribution in [0.15, 0.2) is 18.2 Å². The second-order valence-electron chi connectivity index (χ2n) is 4.44. The first kappa shape index (κ1) is 13.1. The van der Waals surface area contributed by atoms with Gasteiger partial charge >= 0.3 is 0 Å². The van der Waals surface area contributed by atoms with Gasteiger partial charge in [0.1, 0.15) is 5.82 Å². The fraction of sp³-hybridized carbons (Fsp3) is 0.231. The Morgan fingerprint density at radius 2 is 2.05 bits per heavy atom. The molecular weight excluding hydrogens is 247 g/mol. The quantitative estimate of drug-likeness (QED) is 0.869. The molecule has 0 unspecified atom stereocenters. The van der Waals surface area contributed by atoms with Crippen LogP contribution in [0.3, 0.4) is 0 Å². The van der Waals surface area contributed by atoms with E-state index in [0.29, 0.717) is 22.8 Å². The van der Waals surface area contributed by atoms with Crippen LogP contribution >= 0.6 is 0 Å². The van der Waals surface area contributed by atoms with Crippen molar-refractivity contribution in [1.29, 1.82) is 0 Å². The van der Waals surface area contributed by atoms with Crippen molar-refractivity contribution in [2.45, 2.75) is 13.8 Å². The van der Waals surface area contributed by atoms with Gasteiger partial charge in [0.15, 0.2) is 5.82 Å². The molecule has 0 aliphatic rings. The highest BCUT2D eigenvalue weighted by Gasteiger charge is 2.15. The van der Waals surface area contributed by atoms with Gasteiger partial charge in [0, 0.05) is 12.6 Å². The molecule has 2 aromatic rings. The molecular formula is C13H15FN4O. The van der Waals surface area contributed by atoms with E-state index in [1.807, 2.05) is 0 Å². The number of hydrogen-bond acceptors (Lipinski definition) is 3. The van der Waals surface area contributed by atoms with E-state index < -0.39 is 11.7 Å². The Kier molecular flexibility index (Phi) is 3.25. The average molecular weight is 262 g/mol. The largest absolute Gasteiger partial charge is 0.394 e. The minimum atomic E-state index is -0.445. The predicted molar refractivity (Wildman–Crippen MR) is 71.4 cm³/mol. The third-order valence-electron chi connectivity index (χ3n) is 2.80.